The van der Waals surface area contributed by atoms with Gasteiger partial charge in [-0.25, -0.2) is 4.79 Å². The number of methoxy groups -OCH3 is 1. The van der Waals surface area contributed by atoms with E-state index in [0.717, 1.165) is 12.0 Å². The number of carbonyl (C=O) groups is 1. The minimum absolute atomic E-state index is 0.409. The third-order valence-electron chi connectivity index (χ3n) is 2.90. The number of amides is 1. The molecule has 0 saturated carbocycles. The molecule has 0 bridgehead atoms. The van der Waals surface area contributed by atoms with Gasteiger partial charge in [-0.05, 0) is 23.1 Å². The minimum Gasteiger partial charge on any atom is -0.453 e. The van der Waals surface area contributed by atoms with Gasteiger partial charge < -0.3 is 10.1 Å². The van der Waals surface area contributed by atoms with Crippen LogP contribution in [0.15, 0.2) is 54.6 Å². The largest absolute Gasteiger partial charge is 0.453 e. The third kappa shape index (κ3) is 4.14. The van der Waals surface area contributed by atoms with Crippen LogP contribution in [0.25, 0.3) is 0 Å². The molecule has 0 heterocycles. The Morgan fingerprint density at radius 3 is 2.16 bits per heavy atom. The van der Waals surface area contributed by atoms with Crippen LogP contribution in [0, 0.1) is 0 Å². The zero-order valence-corrected chi connectivity index (χ0v) is 10.9. The molecule has 2 aromatic rings. The van der Waals surface area contributed by atoms with Crippen molar-refractivity contribution in [2.24, 2.45) is 0 Å². The summed E-state index contributed by atoms with van der Waals surface area (Å²) < 4.78 is 4.52. The van der Waals surface area contributed by atoms with Crippen LogP contribution in [0.3, 0.4) is 0 Å². The highest BCUT2D eigenvalue weighted by atomic mass is 16.5. The van der Waals surface area contributed by atoms with Crippen molar-refractivity contribution in [3.8, 4) is 0 Å². The zero-order valence-electron chi connectivity index (χ0n) is 10.9. The Morgan fingerprint density at radius 2 is 1.53 bits per heavy atom. The summed E-state index contributed by atoms with van der Waals surface area (Å²) in [6.07, 6.45) is 0.513. The van der Waals surface area contributed by atoms with E-state index < -0.39 is 6.09 Å². The molecule has 0 saturated heterocycles. The summed E-state index contributed by atoms with van der Waals surface area (Å²) in [5, 5.41) is 2.66. The highest BCUT2D eigenvalue weighted by Crippen LogP contribution is 2.10. The van der Waals surface area contributed by atoms with E-state index in [4.69, 9.17) is 0 Å². The Balaban J connectivity index is 1.93. The number of benzene rings is 2. The van der Waals surface area contributed by atoms with Crippen molar-refractivity contribution >= 4 is 6.09 Å². The molecular formula is C16H17NO2. The van der Waals surface area contributed by atoms with Crippen molar-refractivity contribution in [1.29, 1.82) is 0 Å². The Kier molecular flexibility index (Phi) is 4.56. The summed E-state index contributed by atoms with van der Waals surface area (Å²) in [6.45, 7) is 0.484. The van der Waals surface area contributed by atoms with E-state index in [1.54, 1.807) is 0 Å². The summed E-state index contributed by atoms with van der Waals surface area (Å²) in [7, 11) is 1.36. The third-order valence-corrected chi connectivity index (χ3v) is 2.90. The van der Waals surface area contributed by atoms with Crippen molar-refractivity contribution < 1.29 is 9.53 Å². The van der Waals surface area contributed by atoms with Crippen molar-refractivity contribution in [3.05, 3.63) is 71.3 Å². The van der Waals surface area contributed by atoms with E-state index >= 15 is 0 Å². The molecule has 0 aliphatic rings. The molecule has 98 valence electrons. The summed E-state index contributed by atoms with van der Waals surface area (Å²) >= 11 is 0. The molecule has 2 aromatic carbocycles. The molecule has 0 atom stereocenters. The summed E-state index contributed by atoms with van der Waals surface area (Å²) in [5.41, 5.74) is 3.61. The fourth-order valence-electron chi connectivity index (χ4n) is 1.85. The molecule has 0 unspecified atom stereocenters. The van der Waals surface area contributed by atoms with E-state index in [9.17, 15) is 4.79 Å². The fraction of sp³-hybridized carbons (Fsp3) is 0.188. The van der Waals surface area contributed by atoms with Crippen molar-refractivity contribution in [3.63, 3.8) is 0 Å². The van der Waals surface area contributed by atoms with Crippen LogP contribution in [0.5, 0.6) is 0 Å². The Morgan fingerprint density at radius 1 is 0.947 bits per heavy atom. The quantitative estimate of drug-likeness (QED) is 0.911. The van der Waals surface area contributed by atoms with Crippen LogP contribution < -0.4 is 5.32 Å². The van der Waals surface area contributed by atoms with Crippen LogP contribution in [0.2, 0.25) is 0 Å². The van der Waals surface area contributed by atoms with Gasteiger partial charge in [-0.1, -0.05) is 54.6 Å². The molecule has 1 N–H and O–H groups in total. The zero-order chi connectivity index (χ0) is 13.5. The lowest BCUT2D eigenvalue weighted by Gasteiger charge is -2.06. The molecule has 1 amide bonds. The molecule has 19 heavy (non-hydrogen) atoms. The first-order chi connectivity index (χ1) is 9.28. The molecule has 3 heteroatoms. The maximum Gasteiger partial charge on any atom is 0.407 e. The van der Waals surface area contributed by atoms with Gasteiger partial charge in [0.25, 0.3) is 0 Å². The Labute approximate surface area is 113 Å². The van der Waals surface area contributed by atoms with E-state index in [0.29, 0.717) is 6.54 Å². The normalized spacial score (nSPS) is 9.95. The number of rotatable bonds is 4. The van der Waals surface area contributed by atoms with Crippen LogP contribution in [-0.2, 0) is 17.7 Å². The molecule has 2 rings (SSSR count). The van der Waals surface area contributed by atoms with Gasteiger partial charge in [0.15, 0.2) is 0 Å². The molecular weight excluding hydrogens is 238 g/mol. The predicted octanol–water partition coefficient (Wildman–Crippen LogP) is 3.13. The van der Waals surface area contributed by atoms with E-state index in [2.05, 4.69) is 34.3 Å². The van der Waals surface area contributed by atoms with E-state index in [1.165, 1.54) is 18.2 Å². The number of hydrogen-bond donors (Lipinski definition) is 1. The van der Waals surface area contributed by atoms with Gasteiger partial charge in [0, 0.05) is 6.54 Å². The molecule has 0 aliphatic carbocycles. The average Bonchev–Trinajstić information content (AvgIpc) is 2.47. The van der Waals surface area contributed by atoms with Gasteiger partial charge in [-0.3, -0.25) is 0 Å². The van der Waals surface area contributed by atoms with Crippen molar-refractivity contribution in [2.45, 2.75) is 13.0 Å². The van der Waals surface area contributed by atoms with Gasteiger partial charge in [-0.2, -0.15) is 0 Å². The first-order valence-corrected chi connectivity index (χ1v) is 6.21. The number of hydrogen-bond acceptors (Lipinski definition) is 2. The van der Waals surface area contributed by atoms with E-state index in [-0.39, 0.29) is 0 Å². The van der Waals surface area contributed by atoms with E-state index in [1.807, 2.05) is 30.3 Å². The number of alkyl carbamates (subject to hydrolysis) is 1. The van der Waals surface area contributed by atoms with Crippen LogP contribution in [0.1, 0.15) is 16.7 Å². The van der Waals surface area contributed by atoms with Gasteiger partial charge >= 0.3 is 6.09 Å². The second kappa shape index (κ2) is 6.59. The maximum absolute atomic E-state index is 11.0. The monoisotopic (exact) mass is 255 g/mol. The Bertz CT molecular complexity index is 520. The fourth-order valence-corrected chi connectivity index (χ4v) is 1.85. The number of nitrogens with one attached hydrogen (secondary N) is 1. The Hall–Kier alpha value is -2.29. The smallest absolute Gasteiger partial charge is 0.407 e. The summed E-state index contributed by atoms with van der Waals surface area (Å²) in [4.78, 5) is 11.0. The van der Waals surface area contributed by atoms with Crippen LogP contribution >= 0.6 is 0 Å². The maximum atomic E-state index is 11.0. The molecule has 3 nitrogen and oxygen atoms in total. The van der Waals surface area contributed by atoms with Crippen LogP contribution in [-0.4, -0.2) is 13.2 Å². The highest BCUT2D eigenvalue weighted by molar-refractivity contribution is 5.66. The lowest BCUT2D eigenvalue weighted by Crippen LogP contribution is -2.22. The summed E-state index contributed by atoms with van der Waals surface area (Å²) in [5.74, 6) is 0. The standard InChI is InChI=1S/C16H17NO2/c1-19-16(18)17-12-15-9-7-14(8-10-15)11-13-5-3-2-4-6-13/h2-10H,11-12H2,1H3,(H,17,18). The van der Waals surface area contributed by atoms with Gasteiger partial charge in [0.2, 0.25) is 0 Å². The van der Waals surface area contributed by atoms with Gasteiger partial charge in [-0.15, -0.1) is 0 Å². The SMILES string of the molecule is COC(=O)NCc1ccc(Cc2ccccc2)cc1. The molecule has 0 spiro atoms. The first-order valence-electron chi connectivity index (χ1n) is 6.21. The molecule has 0 fully saturated rings. The average molecular weight is 255 g/mol. The lowest BCUT2D eigenvalue weighted by atomic mass is 10.0. The van der Waals surface area contributed by atoms with Gasteiger partial charge in [0.1, 0.15) is 0 Å². The minimum atomic E-state index is -0.409. The highest BCUT2D eigenvalue weighted by Gasteiger charge is 2.00. The second-order valence-corrected chi connectivity index (χ2v) is 4.32. The van der Waals surface area contributed by atoms with Crippen molar-refractivity contribution in [1.82, 2.24) is 5.32 Å². The number of carbonyl (C=O) groups excluding carboxylic acids is 1. The first kappa shape index (κ1) is 13.1. The summed E-state index contributed by atoms with van der Waals surface area (Å²) in [6, 6.07) is 18.6. The topological polar surface area (TPSA) is 38.3 Å². The lowest BCUT2D eigenvalue weighted by molar-refractivity contribution is 0.170. The van der Waals surface area contributed by atoms with Crippen molar-refractivity contribution in [2.75, 3.05) is 7.11 Å². The number of ether oxygens (including phenoxy) is 1. The van der Waals surface area contributed by atoms with Crippen LogP contribution in [0.4, 0.5) is 4.79 Å². The molecule has 0 radical (unpaired) electrons. The van der Waals surface area contributed by atoms with Gasteiger partial charge in [0.05, 0.1) is 7.11 Å². The molecule has 0 aliphatic heterocycles. The predicted molar refractivity (Wildman–Crippen MR) is 74.9 cm³/mol. The molecule has 0 aromatic heterocycles. The second-order valence-electron chi connectivity index (χ2n) is 4.32.